The van der Waals surface area contributed by atoms with Gasteiger partial charge in [0.1, 0.15) is 0 Å². The molecule has 8 heteroatoms. The van der Waals surface area contributed by atoms with Crippen molar-refractivity contribution in [3.63, 3.8) is 0 Å². The van der Waals surface area contributed by atoms with Gasteiger partial charge >= 0.3 is 0 Å². The Bertz CT molecular complexity index is 585. The highest BCUT2D eigenvalue weighted by molar-refractivity contribution is 7.88. The predicted molar refractivity (Wildman–Crippen MR) is 92.8 cm³/mol. The van der Waals surface area contributed by atoms with Gasteiger partial charge in [-0.15, -0.1) is 0 Å². The van der Waals surface area contributed by atoms with Crippen LogP contribution in [0.2, 0.25) is 0 Å². The highest BCUT2D eigenvalue weighted by atomic mass is 32.2. The van der Waals surface area contributed by atoms with Gasteiger partial charge in [0.2, 0.25) is 10.0 Å². The summed E-state index contributed by atoms with van der Waals surface area (Å²) < 4.78 is 30.6. The van der Waals surface area contributed by atoms with E-state index in [4.69, 9.17) is 4.74 Å². The van der Waals surface area contributed by atoms with E-state index in [1.807, 2.05) is 31.2 Å². The lowest BCUT2D eigenvalue weighted by atomic mass is 10.1. The second kappa shape index (κ2) is 10.2. The van der Waals surface area contributed by atoms with Gasteiger partial charge in [0, 0.05) is 26.7 Å². The minimum atomic E-state index is -3.24. The van der Waals surface area contributed by atoms with Gasteiger partial charge in [-0.2, -0.15) is 0 Å². The molecule has 0 bridgehead atoms. The van der Waals surface area contributed by atoms with Crippen LogP contribution in [-0.4, -0.2) is 48.2 Å². The van der Waals surface area contributed by atoms with E-state index >= 15 is 0 Å². The molecule has 130 valence electrons. The van der Waals surface area contributed by atoms with Gasteiger partial charge in [-0.3, -0.25) is 4.99 Å². The summed E-state index contributed by atoms with van der Waals surface area (Å²) in [5.74, 6) is 0.684. The van der Waals surface area contributed by atoms with E-state index in [0.29, 0.717) is 32.3 Å². The maximum Gasteiger partial charge on any atom is 0.215 e. The van der Waals surface area contributed by atoms with Gasteiger partial charge in [-0.05, 0) is 25.1 Å². The third-order valence-electron chi connectivity index (χ3n) is 3.12. The second-order valence-electron chi connectivity index (χ2n) is 4.83. The minimum Gasteiger partial charge on any atom is -0.380 e. The quantitative estimate of drug-likeness (QED) is 0.344. The van der Waals surface area contributed by atoms with Crippen molar-refractivity contribution >= 4 is 16.0 Å². The molecule has 0 radical (unpaired) electrons. The van der Waals surface area contributed by atoms with Crippen molar-refractivity contribution in [1.82, 2.24) is 15.4 Å². The van der Waals surface area contributed by atoms with E-state index in [-0.39, 0.29) is 5.75 Å². The van der Waals surface area contributed by atoms with Gasteiger partial charge in [0.05, 0.1) is 12.4 Å². The fourth-order valence-electron chi connectivity index (χ4n) is 1.84. The Balaban J connectivity index is 2.45. The maximum absolute atomic E-state index is 11.5. The molecule has 0 unspecified atom stereocenters. The fraction of sp³-hybridized carbons (Fsp3) is 0.533. The first-order chi connectivity index (χ1) is 11.0. The van der Waals surface area contributed by atoms with Crippen molar-refractivity contribution in [2.24, 2.45) is 4.99 Å². The van der Waals surface area contributed by atoms with Crippen LogP contribution in [-0.2, 0) is 27.1 Å². The molecule has 0 spiro atoms. The fourth-order valence-corrected chi connectivity index (χ4v) is 2.61. The molecule has 0 aliphatic heterocycles. The first-order valence-electron chi connectivity index (χ1n) is 7.52. The molecule has 0 aromatic heterocycles. The molecule has 1 aromatic carbocycles. The Hall–Kier alpha value is -1.64. The normalized spacial score (nSPS) is 12.2. The zero-order chi connectivity index (χ0) is 17.1. The molecule has 7 nitrogen and oxygen atoms in total. The van der Waals surface area contributed by atoms with Crippen LogP contribution in [0, 0.1) is 0 Å². The van der Waals surface area contributed by atoms with Crippen molar-refractivity contribution in [3.05, 3.63) is 35.4 Å². The van der Waals surface area contributed by atoms with E-state index in [1.165, 1.54) is 7.05 Å². The molecule has 3 N–H and O–H groups in total. The van der Waals surface area contributed by atoms with Crippen molar-refractivity contribution in [1.29, 1.82) is 0 Å². The van der Waals surface area contributed by atoms with E-state index in [9.17, 15) is 8.42 Å². The molecule has 0 saturated carbocycles. The summed E-state index contributed by atoms with van der Waals surface area (Å²) in [5.41, 5.74) is 1.80. The second-order valence-corrected chi connectivity index (χ2v) is 6.76. The van der Waals surface area contributed by atoms with Crippen LogP contribution in [0.3, 0.4) is 0 Å². The molecule has 1 aromatic rings. The summed E-state index contributed by atoms with van der Waals surface area (Å²) in [6.07, 6.45) is 0. The summed E-state index contributed by atoms with van der Waals surface area (Å²) in [5, 5.41) is 6.35. The van der Waals surface area contributed by atoms with Crippen LogP contribution < -0.4 is 15.4 Å². The smallest absolute Gasteiger partial charge is 0.215 e. The van der Waals surface area contributed by atoms with Crippen molar-refractivity contribution in [2.75, 3.05) is 33.9 Å². The molecule has 0 amide bonds. The Morgan fingerprint density at radius 3 is 2.39 bits per heavy atom. The molecular weight excluding hydrogens is 316 g/mol. The maximum atomic E-state index is 11.5. The molecule has 0 saturated heterocycles. The Kier molecular flexibility index (Phi) is 8.60. The third kappa shape index (κ3) is 7.96. The topological polar surface area (TPSA) is 91.8 Å². The summed E-state index contributed by atoms with van der Waals surface area (Å²) in [4.78, 5) is 4.13. The monoisotopic (exact) mass is 342 g/mol. The van der Waals surface area contributed by atoms with Crippen LogP contribution >= 0.6 is 0 Å². The SMILES string of the molecule is CCOCCNC(=NC)NCc1ccc(CS(=O)(=O)NC)cc1. The Morgan fingerprint density at radius 2 is 1.83 bits per heavy atom. The van der Waals surface area contributed by atoms with Crippen LogP contribution in [0.15, 0.2) is 29.3 Å². The number of sulfonamides is 1. The summed E-state index contributed by atoms with van der Waals surface area (Å²) in [6, 6.07) is 7.44. The lowest BCUT2D eigenvalue weighted by Gasteiger charge is -2.12. The average molecular weight is 342 g/mol. The first-order valence-corrected chi connectivity index (χ1v) is 9.17. The highest BCUT2D eigenvalue weighted by Crippen LogP contribution is 2.07. The van der Waals surface area contributed by atoms with Crippen LogP contribution in [0.4, 0.5) is 0 Å². The van der Waals surface area contributed by atoms with Crippen molar-refractivity contribution in [3.8, 4) is 0 Å². The molecule has 0 fully saturated rings. The summed E-state index contributed by atoms with van der Waals surface area (Å²) in [6.45, 7) is 4.58. The van der Waals surface area contributed by atoms with Crippen LogP contribution in [0.5, 0.6) is 0 Å². The molecular formula is C15H26N4O3S. The summed E-state index contributed by atoms with van der Waals surface area (Å²) in [7, 11) is -0.112. The van der Waals surface area contributed by atoms with Gasteiger partial charge in [0.25, 0.3) is 0 Å². The highest BCUT2D eigenvalue weighted by Gasteiger charge is 2.08. The standard InChI is InChI=1S/C15H26N4O3S/c1-4-22-10-9-18-15(16-2)19-11-13-5-7-14(8-6-13)12-23(20,21)17-3/h5-8,17H,4,9-12H2,1-3H3,(H2,16,18,19). The van der Waals surface area contributed by atoms with E-state index in [2.05, 4.69) is 20.3 Å². The molecule has 0 atom stereocenters. The first kappa shape index (κ1) is 19.4. The number of nitrogens with one attached hydrogen (secondary N) is 3. The minimum absolute atomic E-state index is 0.0160. The van der Waals surface area contributed by atoms with E-state index in [0.717, 1.165) is 11.1 Å². The molecule has 0 aliphatic rings. The predicted octanol–water partition coefficient (Wildman–Crippen LogP) is 0.437. The number of aliphatic imine (C=N–C) groups is 1. The lowest BCUT2D eigenvalue weighted by Crippen LogP contribution is -2.38. The molecule has 1 rings (SSSR count). The number of benzene rings is 1. The van der Waals surface area contributed by atoms with E-state index in [1.54, 1.807) is 7.05 Å². The van der Waals surface area contributed by atoms with Gasteiger partial charge in [-0.25, -0.2) is 13.1 Å². The van der Waals surface area contributed by atoms with Gasteiger partial charge in [-0.1, -0.05) is 24.3 Å². The number of ether oxygens (including phenoxy) is 1. The zero-order valence-corrected chi connectivity index (χ0v) is 14.7. The van der Waals surface area contributed by atoms with Crippen molar-refractivity contribution in [2.45, 2.75) is 19.2 Å². The molecule has 0 aliphatic carbocycles. The van der Waals surface area contributed by atoms with Crippen LogP contribution in [0.25, 0.3) is 0 Å². The number of hydrogen-bond donors (Lipinski definition) is 3. The largest absolute Gasteiger partial charge is 0.380 e. The van der Waals surface area contributed by atoms with Gasteiger partial charge < -0.3 is 15.4 Å². The zero-order valence-electron chi connectivity index (χ0n) is 13.9. The average Bonchev–Trinajstić information content (AvgIpc) is 2.55. The summed E-state index contributed by atoms with van der Waals surface area (Å²) >= 11 is 0. The Labute approximate surface area is 138 Å². The number of hydrogen-bond acceptors (Lipinski definition) is 4. The molecule has 0 heterocycles. The van der Waals surface area contributed by atoms with Gasteiger partial charge in [0.15, 0.2) is 5.96 Å². The van der Waals surface area contributed by atoms with Crippen molar-refractivity contribution < 1.29 is 13.2 Å². The number of rotatable bonds is 9. The lowest BCUT2D eigenvalue weighted by molar-refractivity contribution is 0.152. The Morgan fingerprint density at radius 1 is 1.17 bits per heavy atom. The molecule has 23 heavy (non-hydrogen) atoms. The number of guanidine groups is 1. The third-order valence-corrected chi connectivity index (χ3v) is 4.45. The van der Waals surface area contributed by atoms with E-state index < -0.39 is 10.0 Å². The number of nitrogens with zero attached hydrogens (tertiary/aromatic N) is 1. The van der Waals surface area contributed by atoms with Crippen LogP contribution in [0.1, 0.15) is 18.1 Å².